The van der Waals surface area contributed by atoms with Crippen molar-refractivity contribution in [3.63, 3.8) is 0 Å². The zero-order valence-corrected chi connectivity index (χ0v) is 9.76. The lowest BCUT2D eigenvalue weighted by Crippen LogP contribution is -2.42. The van der Waals surface area contributed by atoms with Gasteiger partial charge < -0.3 is 9.47 Å². The maximum atomic E-state index is 5.90. The molecule has 2 aliphatic rings. The summed E-state index contributed by atoms with van der Waals surface area (Å²) in [6, 6.07) is 0. The van der Waals surface area contributed by atoms with Crippen LogP contribution < -0.4 is 0 Å². The Hall–Kier alpha value is 0.270. The summed E-state index contributed by atoms with van der Waals surface area (Å²) in [5, 5.41) is 0.368. The van der Waals surface area contributed by atoms with Gasteiger partial charge in [0.05, 0.1) is 12.7 Å². The van der Waals surface area contributed by atoms with Gasteiger partial charge in [-0.1, -0.05) is 6.92 Å². The fourth-order valence-corrected chi connectivity index (χ4v) is 2.70. The monoisotopic (exact) mass is 216 g/mol. The third-order valence-corrected chi connectivity index (χ3v) is 3.99. The third kappa shape index (κ3) is 2.26. The van der Waals surface area contributed by atoms with Gasteiger partial charge in [-0.05, 0) is 31.1 Å². The Kier molecular flexibility index (Phi) is 3.40. The van der Waals surface area contributed by atoms with E-state index in [1.807, 2.05) is 0 Å². The molecule has 2 aliphatic heterocycles. The van der Waals surface area contributed by atoms with Gasteiger partial charge in [-0.2, -0.15) is 12.6 Å². The molecule has 14 heavy (non-hydrogen) atoms. The van der Waals surface area contributed by atoms with Crippen LogP contribution in [0.15, 0.2) is 0 Å². The summed E-state index contributed by atoms with van der Waals surface area (Å²) < 4.78 is 11.3. The molecule has 0 N–H and O–H groups in total. The van der Waals surface area contributed by atoms with Gasteiger partial charge in [0.15, 0.2) is 0 Å². The number of thiol groups is 1. The summed E-state index contributed by atoms with van der Waals surface area (Å²) in [6.07, 6.45) is 5.20. The molecule has 0 aromatic heterocycles. The minimum Gasteiger partial charge on any atom is -0.381 e. The Balaban J connectivity index is 1.87. The van der Waals surface area contributed by atoms with E-state index in [1.165, 1.54) is 25.7 Å². The summed E-state index contributed by atoms with van der Waals surface area (Å²) in [7, 11) is 0. The van der Waals surface area contributed by atoms with Gasteiger partial charge in [0.25, 0.3) is 0 Å². The lowest BCUT2D eigenvalue weighted by molar-refractivity contribution is -0.103. The average Bonchev–Trinajstić information content (AvgIpc) is 2.19. The van der Waals surface area contributed by atoms with Crippen LogP contribution in [0.25, 0.3) is 0 Å². The fraction of sp³-hybridized carbons (Fsp3) is 1.00. The SMILES string of the molecule is CC(S)[C@@H]1CCC2(CCOCC2)CO1. The highest BCUT2D eigenvalue weighted by Gasteiger charge is 2.38. The van der Waals surface area contributed by atoms with Crippen LogP contribution in [0.5, 0.6) is 0 Å². The Labute approximate surface area is 91.8 Å². The molecule has 2 nitrogen and oxygen atoms in total. The molecule has 0 radical (unpaired) electrons. The number of hydrogen-bond donors (Lipinski definition) is 1. The Morgan fingerprint density at radius 2 is 2.00 bits per heavy atom. The molecular formula is C11H20O2S. The number of ether oxygens (including phenoxy) is 2. The van der Waals surface area contributed by atoms with Gasteiger partial charge in [-0.25, -0.2) is 0 Å². The van der Waals surface area contributed by atoms with E-state index in [2.05, 4.69) is 19.6 Å². The highest BCUT2D eigenvalue weighted by atomic mass is 32.1. The summed E-state index contributed by atoms with van der Waals surface area (Å²) >= 11 is 4.44. The minimum absolute atomic E-state index is 0.367. The second-order valence-corrected chi connectivity index (χ2v) is 5.56. The summed E-state index contributed by atoms with van der Waals surface area (Å²) in [5.74, 6) is 0. The average molecular weight is 216 g/mol. The van der Waals surface area contributed by atoms with Crippen LogP contribution in [0.1, 0.15) is 32.6 Å². The molecule has 2 fully saturated rings. The van der Waals surface area contributed by atoms with Crippen molar-refractivity contribution in [1.29, 1.82) is 0 Å². The lowest BCUT2D eigenvalue weighted by atomic mass is 9.75. The third-order valence-electron chi connectivity index (χ3n) is 3.65. The predicted octanol–water partition coefficient (Wildman–Crippen LogP) is 2.28. The van der Waals surface area contributed by atoms with Crippen molar-refractivity contribution < 1.29 is 9.47 Å². The molecule has 0 bridgehead atoms. The Morgan fingerprint density at radius 3 is 2.50 bits per heavy atom. The van der Waals surface area contributed by atoms with Gasteiger partial charge in [0, 0.05) is 18.5 Å². The van der Waals surface area contributed by atoms with E-state index < -0.39 is 0 Å². The first kappa shape index (κ1) is 10.8. The zero-order valence-electron chi connectivity index (χ0n) is 8.87. The molecule has 3 heteroatoms. The number of hydrogen-bond acceptors (Lipinski definition) is 3. The van der Waals surface area contributed by atoms with Crippen molar-refractivity contribution in [3.05, 3.63) is 0 Å². The molecule has 2 saturated heterocycles. The highest BCUT2D eigenvalue weighted by Crippen LogP contribution is 2.40. The van der Waals surface area contributed by atoms with E-state index in [4.69, 9.17) is 9.47 Å². The van der Waals surface area contributed by atoms with Crippen LogP contribution in [0.3, 0.4) is 0 Å². The predicted molar refractivity (Wildman–Crippen MR) is 59.9 cm³/mol. The molecule has 2 heterocycles. The highest BCUT2D eigenvalue weighted by molar-refractivity contribution is 7.81. The molecule has 0 aromatic carbocycles. The van der Waals surface area contributed by atoms with Crippen molar-refractivity contribution >= 4 is 12.6 Å². The van der Waals surface area contributed by atoms with Crippen molar-refractivity contribution in [2.45, 2.75) is 44.0 Å². The van der Waals surface area contributed by atoms with E-state index in [9.17, 15) is 0 Å². The summed E-state index contributed by atoms with van der Waals surface area (Å²) in [4.78, 5) is 0. The van der Waals surface area contributed by atoms with E-state index in [0.717, 1.165) is 19.8 Å². The van der Waals surface area contributed by atoms with Crippen LogP contribution >= 0.6 is 12.6 Å². The zero-order chi connectivity index (χ0) is 10.0. The molecule has 0 aromatic rings. The van der Waals surface area contributed by atoms with E-state index in [1.54, 1.807) is 0 Å². The summed E-state index contributed by atoms with van der Waals surface area (Å²) in [6.45, 7) is 4.89. The first-order valence-electron chi connectivity index (χ1n) is 5.59. The second-order valence-electron chi connectivity index (χ2n) is 4.74. The molecule has 1 spiro atoms. The first-order valence-corrected chi connectivity index (χ1v) is 6.11. The fourth-order valence-electron chi connectivity index (χ4n) is 2.47. The molecule has 1 unspecified atom stereocenters. The maximum Gasteiger partial charge on any atom is 0.0688 e. The van der Waals surface area contributed by atoms with E-state index >= 15 is 0 Å². The van der Waals surface area contributed by atoms with E-state index in [-0.39, 0.29) is 0 Å². The van der Waals surface area contributed by atoms with Crippen molar-refractivity contribution in [3.8, 4) is 0 Å². The van der Waals surface area contributed by atoms with Gasteiger partial charge >= 0.3 is 0 Å². The van der Waals surface area contributed by atoms with Crippen LogP contribution in [0.2, 0.25) is 0 Å². The van der Waals surface area contributed by atoms with Gasteiger partial charge in [-0.15, -0.1) is 0 Å². The van der Waals surface area contributed by atoms with Crippen molar-refractivity contribution in [2.75, 3.05) is 19.8 Å². The van der Waals surface area contributed by atoms with Crippen LogP contribution in [-0.2, 0) is 9.47 Å². The van der Waals surface area contributed by atoms with Gasteiger partial charge in [-0.3, -0.25) is 0 Å². The normalized spacial score (nSPS) is 34.3. The van der Waals surface area contributed by atoms with E-state index in [0.29, 0.717) is 16.8 Å². The smallest absolute Gasteiger partial charge is 0.0688 e. The molecule has 82 valence electrons. The maximum absolute atomic E-state index is 5.90. The minimum atomic E-state index is 0.367. The second kappa shape index (κ2) is 4.42. The topological polar surface area (TPSA) is 18.5 Å². The first-order chi connectivity index (χ1) is 6.72. The standard InChI is InChI=1S/C11H20O2S/c1-9(14)10-2-3-11(8-13-10)4-6-12-7-5-11/h9-10,14H,2-8H2,1H3/t9?,10-/m0/s1. The Morgan fingerprint density at radius 1 is 1.29 bits per heavy atom. The molecule has 0 aliphatic carbocycles. The summed E-state index contributed by atoms with van der Waals surface area (Å²) in [5.41, 5.74) is 0.442. The molecule has 2 atom stereocenters. The van der Waals surface area contributed by atoms with Gasteiger partial charge in [0.1, 0.15) is 0 Å². The largest absolute Gasteiger partial charge is 0.381 e. The number of rotatable bonds is 1. The molecular weight excluding hydrogens is 196 g/mol. The van der Waals surface area contributed by atoms with Crippen LogP contribution in [0, 0.1) is 5.41 Å². The molecule has 2 rings (SSSR count). The quantitative estimate of drug-likeness (QED) is 0.678. The molecule has 0 saturated carbocycles. The van der Waals surface area contributed by atoms with Crippen molar-refractivity contribution in [1.82, 2.24) is 0 Å². The lowest BCUT2D eigenvalue weighted by Gasteiger charge is -2.43. The Bertz CT molecular complexity index is 178. The van der Waals surface area contributed by atoms with Crippen LogP contribution in [-0.4, -0.2) is 31.2 Å². The molecule has 0 amide bonds. The van der Waals surface area contributed by atoms with Crippen molar-refractivity contribution in [2.24, 2.45) is 5.41 Å². The van der Waals surface area contributed by atoms with Gasteiger partial charge in [0.2, 0.25) is 0 Å². The van der Waals surface area contributed by atoms with Crippen LogP contribution in [0.4, 0.5) is 0 Å².